The number of benzene rings is 1. The van der Waals surface area contributed by atoms with Gasteiger partial charge >= 0.3 is 5.69 Å². The molecule has 4 rings (SSSR count). The number of halogens is 1. The van der Waals surface area contributed by atoms with Gasteiger partial charge in [-0.05, 0) is 37.5 Å². The lowest BCUT2D eigenvalue weighted by Gasteiger charge is -2.20. The molecule has 0 bridgehead atoms. The molecular weight excluding hydrogens is 392 g/mol. The van der Waals surface area contributed by atoms with Crippen LogP contribution in [0.4, 0.5) is 11.5 Å². The van der Waals surface area contributed by atoms with Gasteiger partial charge in [0.1, 0.15) is 6.54 Å². The summed E-state index contributed by atoms with van der Waals surface area (Å²) in [5.74, 6) is 0.349. The lowest BCUT2D eigenvalue weighted by atomic mass is 10.2. The van der Waals surface area contributed by atoms with E-state index < -0.39 is 0 Å². The van der Waals surface area contributed by atoms with Crippen LogP contribution in [0.2, 0.25) is 5.02 Å². The number of carbonyl (C=O) groups excluding carboxylic acids is 1. The highest BCUT2D eigenvalue weighted by molar-refractivity contribution is 6.31. The fourth-order valence-corrected chi connectivity index (χ4v) is 3.79. The third-order valence-electron chi connectivity index (χ3n) is 5.22. The fourth-order valence-electron chi connectivity index (χ4n) is 3.61. The molecule has 1 amide bonds. The largest absolute Gasteiger partial charge is 0.353 e. The summed E-state index contributed by atoms with van der Waals surface area (Å²) in [5, 5.41) is 7.78. The molecule has 0 atom stereocenters. The first-order valence-electron chi connectivity index (χ1n) is 9.78. The van der Waals surface area contributed by atoms with Crippen LogP contribution in [0.3, 0.4) is 0 Å². The summed E-state index contributed by atoms with van der Waals surface area (Å²) in [6, 6.07) is 5.30. The summed E-state index contributed by atoms with van der Waals surface area (Å²) in [7, 11) is 0. The first-order chi connectivity index (χ1) is 14.0. The van der Waals surface area contributed by atoms with Crippen molar-refractivity contribution in [2.45, 2.75) is 39.2 Å². The second-order valence-electron chi connectivity index (χ2n) is 7.25. The SMILES string of the molecule is Cc1c(Cl)cccc1NC(=O)Cn1nc2c(N3CCCCCC3)nccn2c1=O. The summed E-state index contributed by atoms with van der Waals surface area (Å²) in [6.45, 7) is 3.42. The number of hydrogen-bond donors (Lipinski definition) is 1. The molecule has 3 aromatic rings. The molecule has 1 aliphatic rings. The van der Waals surface area contributed by atoms with E-state index in [1.54, 1.807) is 30.6 Å². The summed E-state index contributed by atoms with van der Waals surface area (Å²) in [4.78, 5) is 31.9. The average Bonchev–Trinajstić information content (AvgIpc) is 2.89. The number of amides is 1. The highest BCUT2D eigenvalue weighted by atomic mass is 35.5. The Kier molecular flexibility index (Phi) is 5.53. The Bertz CT molecular complexity index is 1100. The Morgan fingerprint density at radius 3 is 2.72 bits per heavy atom. The van der Waals surface area contributed by atoms with Crippen molar-refractivity contribution < 1.29 is 4.79 Å². The molecule has 9 heteroatoms. The van der Waals surface area contributed by atoms with E-state index in [0.717, 1.165) is 31.5 Å². The number of carbonyl (C=O) groups is 1. The molecule has 29 heavy (non-hydrogen) atoms. The monoisotopic (exact) mass is 414 g/mol. The van der Waals surface area contributed by atoms with Crippen LogP contribution in [0.1, 0.15) is 31.2 Å². The third kappa shape index (κ3) is 3.98. The van der Waals surface area contributed by atoms with Crippen molar-refractivity contribution in [3.05, 3.63) is 51.7 Å². The maximum Gasteiger partial charge on any atom is 0.350 e. The molecule has 2 aromatic heterocycles. The van der Waals surface area contributed by atoms with Crippen LogP contribution in [-0.2, 0) is 11.3 Å². The molecule has 0 saturated carbocycles. The minimum Gasteiger partial charge on any atom is -0.353 e. The van der Waals surface area contributed by atoms with Gasteiger partial charge in [0.25, 0.3) is 0 Å². The summed E-state index contributed by atoms with van der Waals surface area (Å²) >= 11 is 6.11. The Labute approximate surface area is 173 Å². The maximum absolute atomic E-state index is 12.8. The van der Waals surface area contributed by atoms with E-state index in [9.17, 15) is 9.59 Å². The van der Waals surface area contributed by atoms with E-state index >= 15 is 0 Å². The van der Waals surface area contributed by atoms with E-state index in [2.05, 4.69) is 20.3 Å². The van der Waals surface area contributed by atoms with Gasteiger partial charge in [0.2, 0.25) is 11.6 Å². The van der Waals surface area contributed by atoms with Crippen molar-refractivity contribution in [1.29, 1.82) is 0 Å². The first-order valence-corrected chi connectivity index (χ1v) is 10.2. The molecule has 1 saturated heterocycles. The standard InChI is InChI=1S/C20H23ClN6O2/c1-14-15(21)7-6-8-16(14)23-17(28)13-27-20(29)26-12-9-22-18(19(26)24-27)25-10-4-2-3-5-11-25/h6-9,12H,2-5,10-11,13H2,1H3,(H,23,28). The molecule has 1 fully saturated rings. The second-order valence-corrected chi connectivity index (χ2v) is 7.65. The van der Waals surface area contributed by atoms with E-state index in [4.69, 9.17) is 11.6 Å². The minimum absolute atomic E-state index is 0.189. The number of nitrogens with zero attached hydrogens (tertiary/aromatic N) is 5. The van der Waals surface area contributed by atoms with Crippen molar-refractivity contribution in [3.63, 3.8) is 0 Å². The molecule has 0 spiro atoms. The highest BCUT2D eigenvalue weighted by Crippen LogP contribution is 2.23. The molecule has 1 N–H and O–H groups in total. The number of fused-ring (bicyclic) bond motifs is 1. The molecule has 8 nitrogen and oxygen atoms in total. The van der Waals surface area contributed by atoms with Gasteiger partial charge in [0.15, 0.2) is 5.82 Å². The molecule has 0 unspecified atom stereocenters. The van der Waals surface area contributed by atoms with Gasteiger partial charge in [-0.25, -0.2) is 18.9 Å². The van der Waals surface area contributed by atoms with Crippen LogP contribution in [0.15, 0.2) is 35.4 Å². The normalized spacial score (nSPS) is 14.8. The average molecular weight is 415 g/mol. The molecular formula is C20H23ClN6O2. The van der Waals surface area contributed by atoms with Crippen molar-refractivity contribution in [3.8, 4) is 0 Å². The highest BCUT2D eigenvalue weighted by Gasteiger charge is 2.19. The van der Waals surface area contributed by atoms with Gasteiger partial charge < -0.3 is 10.2 Å². The zero-order chi connectivity index (χ0) is 20.4. The summed E-state index contributed by atoms with van der Waals surface area (Å²) in [5.41, 5.74) is 1.51. The Hall–Kier alpha value is -2.87. The van der Waals surface area contributed by atoms with Crippen molar-refractivity contribution in [2.75, 3.05) is 23.3 Å². The maximum atomic E-state index is 12.8. The second kappa shape index (κ2) is 8.24. The predicted octanol–water partition coefficient (Wildman–Crippen LogP) is 2.87. The Balaban J connectivity index is 1.60. The minimum atomic E-state index is -0.364. The molecule has 0 radical (unpaired) electrons. The molecule has 3 heterocycles. The van der Waals surface area contributed by atoms with E-state index in [0.29, 0.717) is 22.2 Å². The first kappa shape index (κ1) is 19.4. The van der Waals surface area contributed by atoms with Crippen LogP contribution < -0.4 is 15.9 Å². The predicted molar refractivity (Wildman–Crippen MR) is 113 cm³/mol. The molecule has 1 aromatic carbocycles. The topological polar surface area (TPSA) is 84.5 Å². The molecule has 1 aliphatic heterocycles. The number of nitrogens with one attached hydrogen (secondary N) is 1. The quantitative estimate of drug-likeness (QED) is 0.709. The van der Waals surface area contributed by atoms with Crippen molar-refractivity contribution >= 4 is 34.7 Å². The van der Waals surface area contributed by atoms with Gasteiger partial charge in [0.05, 0.1) is 0 Å². The number of rotatable bonds is 4. The van der Waals surface area contributed by atoms with E-state index in [1.165, 1.54) is 21.9 Å². The van der Waals surface area contributed by atoms with Gasteiger partial charge in [-0.15, -0.1) is 5.10 Å². The molecule has 152 valence electrons. The Morgan fingerprint density at radius 2 is 1.97 bits per heavy atom. The van der Waals surface area contributed by atoms with Crippen LogP contribution >= 0.6 is 11.6 Å². The zero-order valence-electron chi connectivity index (χ0n) is 16.3. The van der Waals surface area contributed by atoms with Gasteiger partial charge in [-0.1, -0.05) is 30.5 Å². The molecule has 0 aliphatic carbocycles. The van der Waals surface area contributed by atoms with Crippen LogP contribution in [0.25, 0.3) is 5.65 Å². The number of anilines is 2. The van der Waals surface area contributed by atoms with E-state index in [-0.39, 0.29) is 18.1 Å². The van der Waals surface area contributed by atoms with Crippen molar-refractivity contribution in [1.82, 2.24) is 19.2 Å². The fraction of sp³-hybridized carbons (Fsp3) is 0.400. The van der Waals surface area contributed by atoms with Crippen molar-refractivity contribution in [2.24, 2.45) is 0 Å². The summed E-state index contributed by atoms with van der Waals surface area (Å²) in [6.07, 6.45) is 7.77. The summed E-state index contributed by atoms with van der Waals surface area (Å²) < 4.78 is 2.62. The van der Waals surface area contributed by atoms with Crippen LogP contribution in [0.5, 0.6) is 0 Å². The van der Waals surface area contributed by atoms with E-state index in [1.807, 2.05) is 6.92 Å². The lowest BCUT2D eigenvalue weighted by Crippen LogP contribution is -2.28. The zero-order valence-corrected chi connectivity index (χ0v) is 17.0. The smallest absolute Gasteiger partial charge is 0.350 e. The lowest BCUT2D eigenvalue weighted by molar-refractivity contribution is -0.117. The van der Waals surface area contributed by atoms with Gasteiger partial charge in [0, 0.05) is 36.2 Å². The van der Waals surface area contributed by atoms with Gasteiger partial charge in [-0.3, -0.25) is 4.79 Å². The Morgan fingerprint density at radius 1 is 1.21 bits per heavy atom. The van der Waals surface area contributed by atoms with Crippen LogP contribution in [-0.4, -0.2) is 38.2 Å². The third-order valence-corrected chi connectivity index (χ3v) is 5.63. The number of aromatic nitrogens is 4. The van der Waals surface area contributed by atoms with Crippen LogP contribution in [0, 0.1) is 6.92 Å². The number of hydrogen-bond acceptors (Lipinski definition) is 5. The van der Waals surface area contributed by atoms with Gasteiger partial charge in [-0.2, -0.15) is 0 Å².